The van der Waals surface area contributed by atoms with Crippen LogP contribution in [0.2, 0.25) is 0 Å². The van der Waals surface area contributed by atoms with Gasteiger partial charge in [-0.2, -0.15) is 5.10 Å². The molecule has 1 aromatic carbocycles. The molecule has 0 aliphatic carbocycles. The molecule has 0 unspecified atom stereocenters. The molecule has 26 heavy (non-hydrogen) atoms. The summed E-state index contributed by atoms with van der Waals surface area (Å²) in [5.41, 5.74) is 3.14. The normalized spacial score (nSPS) is 13.0. The van der Waals surface area contributed by atoms with Crippen molar-refractivity contribution < 1.29 is 14.3 Å². The number of carbonyl (C=O) groups excluding carboxylic acids is 2. The van der Waals surface area contributed by atoms with E-state index < -0.39 is 0 Å². The Bertz CT molecular complexity index is 828. The van der Waals surface area contributed by atoms with E-state index >= 15 is 0 Å². The zero-order chi connectivity index (χ0) is 18.7. The average Bonchev–Trinajstić information content (AvgIpc) is 3.07. The van der Waals surface area contributed by atoms with Crippen molar-refractivity contribution in [3.8, 4) is 5.75 Å². The molecule has 2 amide bonds. The van der Waals surface area contributed by atoms with Gasteiger partial charge in [0.15, 0.2) is 5.69 Å². The van der Waals surface area contributed by atoms with Crippen molar-refractivity contribution in [1.29, 1.82) is 0 Å². The van der Waals surface area contributed by atoms with Crippen LogP contribution in [0.1, 0.15) is 39.0 Å². The molecule has 0 radical (unpaired) electrons. The van der Waals surface area contributed by atoms with Gasteiger partial charge in [0.25, 0.3) is 11.8 Å². The first kappa shape index (κ1) is 17.9. The van der Waals surface area contributed by atoms with Gasteiger partial charge in [-0.3, -0.25) is 14.7 Å². The largest absolute Gasteiger partial charge is 0.492 e. The lowest BCUT2D eigenvalue weighted by molar-refractivity contribution is 0.0827. The predicted octanol–water partition coefficient (Wildman–Crippen LogP) is 1.41. The number of carbonyl (C=O) groups is 2. The number of H-pyrrole nitrogens is 1. The number of aromatic amines is 1. The second-order valence-corrected chi connectivity index (χ2v) is 6.25. The van der Waals surface area contributed by atoms with Crippen LogP contribution in [0, 0.1) is 0 Å². The topological polar surface area (TPSA) is 99.3 Å². The minimum absolute atomic E-state index is 0.148. The van der Waals surface area contributed by atoms with E-state index in [0.717, 1.165) is 24.2 Å². The summed E-state index contributed by atoms with van der Waals surface area (Å²) >= 11 is 0. The van der Waals surface area contributed by atoms with Gasteiger partial charge in [0.1, 0.15) is 5.75 Å². The number of fused-ring (bicyclic) bond motifs is 1. The van der Waals surface area contributed by atoms with Crippen LogP contribution in [-0.4, -0.2) is 54.2 Å². The van der Waals surface area contributed by atoms with E-state index in [1.165, 1.54) is 4.90 Å². The average molecular weight is 357 g/mol. The van der Waals surface area contributed by atoms with E-state index in [2.05, 4.69) is 20.8 Å². The first-order valence-corrected chi connectivity index (χ1v) is 8.58. The van der Waals surface area contributed by atoms with Crippen LogP contribution in [-0.2, 0) is 13.0 Å². The van der Waals surface area contributed by atoms with Gasteiger partial charge in [0.2, 0.25) is 0 Å². The van der Waals surface area contributed by atoms with Gasteiger partial charge >= 0.3 is 0 Å². The molecule has 0 saturated heterocycles. The number of aromatic nitrogens is 2. The smallest absolute Gasteiger partial charge is 0.276 e. The van der Waals surface area contributed by atoms with Crippen LogP contribution in [0.3, 0.4) is 0 Å². The molecule has 138 valence electrons. The Labute approximate surface area is 151 Å². The summed E-state index contributed by atoms with van der Waals surface area (Å²) in [7, 11) is 3.36. The molecular weight excluding hydrogens is 334 g/mol. The molecule has 8 nitrogen and oxygen atoms in total. The fourth-order valence-electron chi connectivity index (χ4n) is 2.89. The van der Waals surface area contributed by atoms with E-state index in [-0.39, 0.29) is 11.8 Å². The monoisotopic (exact) mass is 357 g/mol. The highest BCUT2D eigenvalue weighted by atomic mass is 16.5. The number of ether oxygens (including phenoxy) is 1. The van der Waals surface area contributed by atoms with E-state index in [1.807, 2.05) is 6.92 Å². The summed E-state index contributed by atoms with van der Waals surface area (Å²) < 4.78 is 5.58. The van der Waals surface area contributed by atoms with Crippen molar-refractivity contribution in [3.63, 3.8) is 0 Å². The van der Waals surface area contributed by atoms with Crippen molar-refractivity contribution in [2.75, 3.05) is 32.6 Å². The number of nitrogens with zero attached hydrogens (tertiary/aromatic N) is 2. The Balaban J connectivity index is 1.89. The Morgan fingerprint density at radius 2 is 2.15 bits per heavy atom. The van der Waals surface area contributed by atoms with Crippen LogP contribution in [0.5, 0.6) is 5.75 Å². The number of amides is 2. The van der Waals surface area contributed by atoms with E-state index in [9.17, 15) is 9.59 Å². The highest BCUT2D eigenvalue weighted by molar-refractivity contribution is 6.05. The number of rotatable bonds is 5. The zero-order valence-corrected chi connectivity index (χ0v) is 15.2. The van der Waals surface area contributed by atoms with Crippen LogP contribution < -0.4 is 15.4 Å². The molecule has 3 rings (SSSR count). The van der Waals surface area contributed by atoms with Crippen molar-refractivity contribution in [1.82, 2.24) is 20.4 Å². The Morgan fingerprint density at radius 1 is 1.35 bits per heavy atom. The van der Waals surface area contributed by atoms with Crippen LogP contribution in [0.4, 0.5) is 5.69 Å². The van der Waals surface area contributed by atoms with E-state index in [0.29, 0.717) is 35.8 Å². The maximum absolute atomic E-state index is 12.7. The fraction of sp³-hybridized carbons (Fsp3) is 0.389. The summed E-state index contributed by atoms with van der Waals surface area (Å²) in [6.07, 6.45) is 0.812. The van der Waals surface area contributed by atoms with Gasteiger partial charge in [0, 0.05) is 50.4 Å². The summed E-state index contributed by atoms with van der Waals surface area (Å²) in [6.45, 7) is 3.78. The summed E-state index contributed by atoms with van der Waals surface area (Å²) in [5, 5.41) is 13.2. The number of anilines is 1. The van der Waals surface area contributed by atoms with Crippen molar-refractivity contribution >= 4 is 17.5 Å². The molecule has 0 spiro atoms. The highest BCUT2D eigenvalue weighted by Crippen LogP contribution is 2.27. The molecule has 0 atom stereocenters. The van der Waals surface area contributed by atoms with Crippen molar-refractivity contribution in [2.45, 2.75) is 19.9 Å². The standard InChI is InChI=1S/C18H23N5O3/c1-4-26-15-6-5-11(18(25)23(2)3)9-14(15)20-17(24)16-12-10-19-8-7-13(12)21-22-16/h5-6,9,19H,4,7-8,10H2,1-3H3,(H,20,24)(H,21,22). The van der Waals surface area contributed by atoms with Crippen LogP contribution in [0.25, 0.3) is 0 Å². The first-order chi connectivity index (χ1) is 12.5. The minimum Gasteiger partial charge on any atom is -0.492 e. The first-order valence-electron chi connectivity index (χ1n) is 8.58. The quantitative estimate of drug-likeness (QED) is 0.751. The number of nitrogens with one attached hydrogen (secondary N) is 3. The number of benzene rings is 1. The molecule has 8 heteroatoms. The molecule has 0 fully saturated rings. The van der Waals surface area contributed by atoms with Gasteiger partial charge in [0.05, 0.1) is 12.3 Å². The molecule has 2 aromatic rings. The van der Waals surface area contributed by atoms with E-state index in [1.54, 1.807) is 32.3 Å². The second-order valence-electron chi connectivity index (χ2n) is 6.25. The number of hydrogen-bond donors (Lipinski definition) is 3. The molecule has 2 heterocycles. The molecule has 1 aromatic heterocycles. The third-order valence-corrected chi connectivity index (χ3v) is 4.20. The predicted molar refractivity (Wildman–Crippen MR) is 97.6 cm³/mol. The summed E-state index contributed by atoms with van der Waals surface area (Å²) in [5.74, 6) is 0.0326. The maximum Gasteiger partial charge on any atom is 0.276 e. The Kier molecular flexibility index (Phi) is 5.22. The highest BCUT2D eigenvalue weighted by Gasteiger charge is 2.23. The van der Waals surface area contributed by atoms with Gasteiger partial charge in [-0.05, 0) is 25.1 Å². The van der Waals surface area contributed by atoms with Gasteiger partial charge in [-0.15, -0.1) is 0 Å². The molecule has 1 aliphatic heterocycles. The van der Waals surface area contributed by atoms with E-state index in [4.69, 9.17) is 4.74 Å². The second kappa shape index (κ2) is 7.57. The molecule has 0 saturated carbocycles. The lowest BCUT2D eigenvalue weighted by Gasteiger charge is -2.16. The number of hydrogen-bond acceptors (Lipinski definition) is 5. The molecular formula is C18H23N5O3. The summed E-state index contributed by atoms with van der Waals surface area (Å²) in [4.78, 5) is 26.4. The van der Waals surface area contributed by atoms with Crippen molar-refractivity contribution in [2.24, 2.45) is 0 Å². The third-order valence-electron chi connectivity index (χ3n) is 4.20. The molecule has 1 aliphatic rings. The minimum atomic E-state index is -0.332. The Hall–Kier alpha value is -2.87. The fourth-order valence-corrected chi connectivity index (χ4v) is 2.89. The third kappa shape index (κ3) is 3.55. The molecule has 0 bridgehead atoms. The van der Waals surface area contributed by atoms with Crippen LogP contribution >= 0.6 is 0 Å². The molecule has 3 N–H and O–H groups in total. The summed E-state index contributed by atoms with van der Waals surface area (Å²) in [6, 6.07) is 5.00. The lowest BCUT2D eigenvalue weighted by atomic mass is 10.1. The maximum atomic E-state index is 12.7. The van der Waals surface area contributed by atoms with Gasteiger partial charge < -0.3 is 20.3 Å². The van der Waals surface area contributed by atoms with Crippen LogP contribution in [0.15, 0.2) is 18.2 Å². The Morgan fingerprint density at radius 3 is 2.88 bits per heavy atom. The van der Waals surface area contributed by atoms with Gasteiger partial charge in [-0.25, -0.2) is 0 Å². The lowest BCUT2D eigenvalue weighted by Crippen LogP contribution is -2.25. The van der Waals surface area contributed by atoms with Crippen molar-refractivity contribution in [3.05, 3.63) is 40.7 Å². The SMILES string of the molecule is CCOc1ccc(C(=O)N(C)C)cc1NC(=O)c1n[nH]c2c1CNCC2. The zero-order valence-electron chi connectivity index (χ0n) is 15.2. The van der Waals surface area contributed by atoms with Gasteiger partial charge in [-0.1, -0.05) is 0 Å².